The van der Waals surface area contributed by atoms with E-state index >= 15 is 0 Å². The number of nitrogens with zero attached hydrogens (tertiary/aromatic N) is 2. The predicted molar refractivity (Wildman–Crippen MR) is 60.9 cm³/mol. The minimum Gasteiger partial charge on any atom is -0.497 e. The summed E-state index contributed by atoms with van der Waals surface area (Å²) in [6.45, 7) is 0. The van der Waals surface area contributed by atoms with Gasteiger partial charge in [0, 0.05) is 17.8 Å². The van der Waals surface area contributed by atoms with Crippen LogP contribution < -0.4 is 4.74 Å². The summed E-state index contributed by atoms with van der Waals surface area (Å²) in [6.07, 6.45) is 1.59. The number of benzene rings is 1. The summed E-state index contributed by atoms with van der Waals surface area (Å²) in [4.78, 5) is 4.10. The van der Waals surface area contributed by atoms with E-state index in [1.54, 1.807) is 30.5 Å². The molecule has 0 saturated heterocycles. The molecule has 0 spiro atoms. The van der Waals surface area contributed by atoms with Gasteiger partial charge in [-0.25, -0.2) is 4.39 Å². The van der Waals surface area contributed by atoms with E-state index in [9.17, 15) is 4.39 Å². The zero-order valence-corrected chi connectivity index (χ0v) is 9.14. The lowest BCUT2D eigenvalue weighted by molar-refractivity contribution is 0.411. The van der Waals surface area contributed by atoms with Gasteiger partial charge in [-0.15, -0.1) is 0 Å². The third-order valence-electron chi connectivity index (χ3n) is 2.35. The van der Waals surface area contributed by atoms with Crippen LogP contribution in [0.25, 0.3) is 11.3 Å². The van der Waals surface area contributed by atoms with E-state index in [1.807, 2.05) is 6.07 Å². The van der Waals surface area contributed by atoms with Gasteiger partial charge >= 0.3 is 0 Å². The largest absolute Gasteiger partial charge is 0.497 e. The van der Waals surface area contributed by atoms with Crippen molar-refractivity contribution in [2.75, 3.05) is 7.11 Å². The molecule has 0 aliphatic carbocycles. The highest BCUT2D eigenvalue weighted by Crippen LogP contribution is 2.28. The quantitative estimate of drug-likeness (QED) is 0.793. The number of rotatable bonds is 2. The first-order valence-corrected chi connectivity index (χ1v) is 4.95. The molecular formula is C13H9FN2O. The van der Waals surface area contributed by atoms with Crippen LogP contribution in [-0.2, 0) is 0 Å². The molecular weight excluding hydrogens is 219 g/mol. The molecule has 0 amide bonds. The highest BCUT2D eigenvalue weighted by molar-refractivity contribution is 5.69. The molecule has 1 aromatic heterocycles. The molecule has 0 aliphatic rings. The molecule has 0 aliphatic heterocycles. The van der Waals surface area contributed by atoms with Gasteiger partial charge in [0.25, 0.3) is 0 Å². The Labute approximate surface area is 98.1 Å². The van der Waals surface area contributed by atoms with Gasteiger partial charge in [0.1, 0.15) is 17.6 Å². The number of pyridine rings is 1. The Kier molecular flexibility index (Phi) is 3.01. The third-order valence-corrected chi connectivity index (χ3v) is 2.35. The van der Waals surface area contributed by atoms with E-state index in [0.717, 1.165) is 0 Å². The van der Waals surface area contributed by atoms with Crippen molar-refractivity contribution in [3.63, 3.8) is 0 Å². The summed E-state index contributed by atoms with van der Waals surface area (Å²) in [5, 5.41) is 8.97. The summed E-state index contributed by atoms with van der Waals surface area (Å²) in [5.74, 6) is -0.241. The third kappa shape index (κ3) is 2.08. The molecule has 0 fully saturated rings. The Bertz CT molecular complexity index is 576. The van der Waals surface area contributed by atoms with E-state index in [0.29, 0.717) is 17.0 Å². The average Bonchev–Trinajstić information content (AvgIpc) is 2.38. The lowest BCUT2D eigenvalue weighted by Crippen LogP contribution is -1.94. The van der Waals surface area contributed by atoms with Gasteiger partial charge in [-0.3, -0.25) is 4.98 Å². The monoisotopic (exact) mass is 228 g/mol. The maximum Gasteiger partial charge on any atom is 0.145 e. The van der Waals surface area contributed by atoms with E-state index in [1.165, 1.54) is 13.2 Å². The van der Waals surface area contributed by atoms with Crippen molar-refractivity contribution in [3.8, 4) is 23.1 Å². The second-order valence-corrected chi connectivity index (χ2v) is 3.36. The van der Waals surface area contributed by atoms with Gasteiger partial charge in [-0.05, 0) is 18.2 Å². The average molecular weight is 228 g/mol. The van der Waals surface area contributed by atoms with Crippen LogP contribution >= 0.6 is 0 Å². The van der Waals surface area contributed by atoms with E-state index < -0.39 is 5.82 Å². The fourth-order valence-corrected chi connectivity index (χ4v) is 1.54. The van der Waals surface area contributed by atoms with Crippen molar-refractivity contribution in [1.82, 2.24) is 4.98 Å². The fourth-order valence-electron chi connectivity index (χ4n) is 1.54. The summed E-state index contributed by atoms with van der Waals surface area (Å²) in [6, 6.07) is 9.88. The molecule has 3 nitrogen and oxygen atoms in total. The van der Waals surface area contributed by atoms with Gasteiger partial charge < -0.3 is 4.74 Å². The van der Waals surface area contributed by atoms with Crippen molar-refractivity contribution in [2.45, 2.75) is 0 Å². The maximum absolute atomic E-state index is 13.7. The number of nitriles is 1. The first-order chi connectivity index (χ1) is 8.26. The van der Waals surface area contributed by atoms with E-state index in [4.69, 9.17) is 10.00 Å². The first kappa shape index (κ1) is 11.1. The van der Waals surface area contributed by atoms with Crippen molar-refractivity contribution in [2.24, 2.45) is 0 Å². The molecule has 1 aromatic carbocycles. The molecule has 0 bridgehead atoms. The minimum absolute atomic E-state index is 0.0236. The Morgan fingerprint density at radius 2 is 2.18 bits per heavy atom. The van der Waals surface area contributed by atoms with Crippen LogP contribution in [0.5, 0.6) is 5.75 Å². The highest BCUT2D eigenvalue weighted by atomic mass is 19.1. The molecule has 0 N–H and O–H groups in total. The molecule has 0 unspecified atom stereocenters. The Morgan fingerprint density at radius 1 is 1.35 bits per heavy atom. The van der Waals surface area contributed by atoms with E-state index in [2.05, 4.69) is 4.98 Å². The number of hydrogen-bond acceptors (Lipinski definition) is 3. The molecule has 0 atom stereocenters. The Balaban J connectivity index is 2.68. The van der Waals surface area contributed by atoms with Crippen LogP contribution in [0.15, 0.2) is 36.5 Å². The van der Waals surface area contributed by atoms with Gasteiger partial charge in [0.15, 0.2) is 0 Å². The number of methoxy groups -OCH3 is 1. The van der Waals surface area contributed by atoms with Crippen LogP contribution in [-0.4, -0.2) is 12.1 Å². The smallest absolute Gasteiger partial charge is 0.145 e. The molecule has 0 saturated carbocycles. The van der Waals surface area contributed by atoms with Crippen molar-refractivity contribution < 1.29 is 9.13 Å². The van der Waals surface area contributed by atoms with Crippen LogP contribution in [0.1, 0.15) is 5.56 Å². The topological polar surface area (TPSA) is 45.9 Å². The number of hydrogen-bond donors (Lipinski definition) is 0. The number of aromatic nitrogens is 1. The Hall–Kier alpha value is -2.41. The van der Waals surface area contributed by atoms with Gasteiger partial charge in [-0.1, -0.05) is 6.07 Å². The second-order valence-electron chi connectivity index (χ2n) is 3.36. The van der Waals surface area contributed by atoms with Gasteiger partial charge in [0.05, 0.1) is 18.4 Å². The molecule has 2 aromatic rings. The second kappa shape index (κ2) is 4.62. The summed E-state index contributed by atoms with van der Waals surface area (Å²) < 4.78 is 18.6. The maximum atomic E-state index is 13.7. The zero-order valence-electron chi connectivity index (χ0n) is 9.14. The molecule has 0 radical (unpaired) electrons. The summed E-state index contributed by atoms with van der Waals surface area (Å²) in [5.41, 5.74) is 0.955. The molecule has 17 heavy (non-hydrogen) atoms. The number of ether oxygens (including phenoxy) is 1. The molecule has 1 heterocycles. The Morgan fingerprint density at radius 3 is 2.76 bits per heavy atom. The number of halogens is 1. The van der Waals surface area contributed by atoms with Crippen molar-refractivity contribution in [1.29, 1.82) is 5.26 Å². The summed E-state index contributed by atoms with van der Waals surface area (Å²) >= 11 is 0. The van der Waals surface area contributed by atoms with Crippen LogP contribution in [0.3, 0.4) is 0 Å². The van der Waals surface area contributed by atoms with Crippen molar-refractivity contribution >= 4 is 0 Å². The first-order valence-electron chi connectivity index (χ1n) is 4.95. The van der Waals surface area contributed by atoms with E-state index in [-0.39, 0.29) is 5.56 Å². The SMILES string of the molecule is COc1cc(F)c(C#N)c(-c2ccccn2)c1. The zero-order chi connectivity index (χ0) is 12.3. The standard InChI is InChI=1S/C13H9FN2O/c1-17-9-6-10(11(8-15)12(14)7-9)13-4-2-3-5-16-13/h2-7H,1H3. The van der Waals surface area contributed by atoms with Crippen molar-refractivity contribution in [3.05, 3.63) is 47.9 Å². The lowest BCUT2D eigenvalue weighted by atomic mass is 10.0. The molecule has 2 rings (SSSR count). The normalized spacial score (nSPS) is 9.71. The highest BCUT2D eigenvalue weighted by Gasteiger charge is 2.13. The van der Waals surface area contributed by atoms with Crippen LogP contribution in [0, 0.1) is 17.1 Å². The van der Waals surface area contributed by atoms with Gasteiger partial charge in [0.2, 0.25) is 0 Å². The molecule has 4 heteroatoms. The van der Waals surface area contributed by atoms with Crippen LogP contribution in [0.4, 0.5) is 4.39 Å². The molecule has 84 valence electrons. The van der Waals surface area contributed by atoms with Gasteiger partial charge in [-0.2, -0.15) is 5.26 Å². The minimum atomic E-state index is -0.604. The predicted octanol–water partition coefficient (Wildman–Crippen LogP) is 2.77. The lowest BCUT2D eigenvalue weighted by Gasteiger charge is -2.07. The fraction of sp³-hybridized carbons (Fsp3) is 0.0769. The van der Waals surface area contributed by atoms with Crippen LogP contribution in [0.2, 0.25) is 0 Å². The summed E-state index contributed by atoms with van der Waals surface area (Å²) in [7, 11) is 1.45.